The van der Waals surface area contributed by atoms with E-state index in [4.69, 9.17) is 14.2 Å². The fraction of sp³-hybridized carbons (Fsp3) is 0.875. The number of esters is 2. The molecule has 70 heavy (non-hydrogen) atoms. The first kappa shape index (κ1) is 64.0. The van der Waals surface area contributed by atoms with Crippen molar-refractivity contribution >= 4 is 11.9 Å². The summed E-state index contributed by atoms with van der Waals surface area (Å²) < 4.78 is 19.2. The number of benzene rings is 1. The van der Waals surface area contributed by atoms with E-state index >= 15 is 0 Å². The molecule has 1 heterocycles. The number of hydrogen-bond donors (Lipinski definition) is 0. The molecule has 1 aliphatic rings. The van der Waals surface area contributed by atoms with Crippen molar-refractivity contribution in [3.63, 3.8) is 0 Å². The van der Waals surface area contributed by atoms with Crippen molar-refractivity contribution in [1.82, 2.24) is 4.90 Å². The zero-order valence-corrected chi connectivity index (χ0v) is 48.7. The molecule has 0 spiro atoms. The molecule has 0 bridgehead atoms. The van der Waals surface area contributed by atoms with Crippen molar-refractivity contribution < 1.29 is 23.8 Å². The zero-order valence-electron chi connectivity index (χ0n) is 48.7. The minimum Gasteiger partial charge on any atom is -0.487 e. The number of rotatable bonds is 44. The van der Waals surface area contributed by atoms with Crippen LogP contribution in [-0.4, -0.2) is 49.2 Å². The Morgan fingerprint density at radius 3 is 1.60 bits per heavy atom. The quantitative estimate of drug-likeness (QED) is 0.0369. The van der Waals surface area contributed by atoms with E-state index in [2.05, 4.69) is 88.2 Å². The second kappa shape index (κ2) is 38.5. The maximum absolute atomic E-state index is 13.3. The Labute approximate surface area is 435 Å². The van der Waals surface area contributed by atoms with Crippen molar-refractivity contribution in [3.8, 4) is 11.5 Å². The molecule has 0 saturated carbocycles. The van der Waals surface area contributed by atoms with Crippen LogP contribution in [0.5, 0.6) is 11.5 Å². The lowest BCUT2D eigenvalue weighted by Crippen LogP contribution is -2.37. The van der Waals surface area contributed by atoms with Gasteiger partial charge in [-0.2, -0.15) is 0 Å². The number of ether oxygens (including phenoxy) is 3. The molecule has 0 fully saturated rings. The number of hydrogen-bond acceptors (Lipinski definition) is 6. The van der Waals surface area contributed by atoms with E-state index < -0.39 is 0 Å². The van der Waals surface area contributed by atoms with Crippen LogP contribution in [0.2, 0.25) is 0 Å². The normalized spacial score (nSPS) is 16.2. The number of fused-ring (bicyclic) bond motifs is 1. The molecule has 4 unspecified atom stereocenters. The molecule has 2 rings (SSSR count). The van der Waals surface area contributed by atoms with Crippen molar-refractivity contribution in [3.05, 3.63) is 22.3 Å². The highest BCUT2D eigenvalue weighted by Gasteiger charge is 2.35. The summed E-state index contributed by atoms with van der Waals surface area (Å²) in [4.78, 5) is 28.6. The topological polar surface area (TPSA) is 65.1 Å². The van der Waals surface area contributed by atoms with E-state index in [1.165, 1.54) is 166 Å². The maximum Gasteiger partial charge on any atom is 0.311 e. The van der Waals surface area contributed by atoms with Gasteiger partial charge in [-0.15, -0.1) is 0 Å². The third-order valence-electron chi connectivity index (χ3n) is 16.3. The second-order valence-electron chi connectivity index (χ2n) is 24.1. The van der Waals surface area contributed by atoms with Crippen LogP contribution in [0.4, 0.5) is 0 Å². The molecule has 0 radical (unpaired) electrons. The third kappa shape index (κ3) is 29.0. The maximum atomic E-state index is 13.3. The Bertz CT molecular complexity index is 1490. The summed E-state index contributed by atoms with van der Waals surface area (Å²) in [6.45, 7) is 23.9. The van der Waals surface area contributed by atoms with Gasteiger partial charge < -0.3 is 19.1 Å². The largest absolute Gasteiger partial charge is 0.487 e. The van der Waals surface area contributed by atoms with Gasteiger partial charge in [0.1, 0.15) is 23.2 Å². The van der Waals surface area contributed by atoms with Gasteiger partial charge in [-0.25, -0.2) is 0 Å². The molecule has 6 nitrogen and oxygen atoms in total. The van der Waals surface area contributed by atoms with Crippen LogP contribution in [-0.2, 0) is 20.7 Å². The van der Waals surface area contributed by atoms with Crippen LogP contribution < -0.4 is 9.47 Å². The highest BCUT2D eigenvalue weighted by Crippen LogP contribution is 2.45. The first-order valence-corrected chi connectivity index (χ1v) is 30.4. The predicted octanol–water partition coefficient (Wildman–Crippen LogP) is 19.3. The lowest BCUT2D eigenvalue weighted by Gasteiger charge is -2.38. The van der Waals surface area contributed by atoms with Crippen LogP contribution in [0.3, 0.4) is 0 Å². The van der Waals surface area contributed by atoms with E-state index in [1.807, 2.05) is 0 Å². The third-order valence-corrected chi connectivity index (χ3v) is 16.3. The van der Waals surface area contributed by atoms with E-state index in [9.17, 15) is 9.59 Å². The zero-order chi connectivity index (χ0) is 51.6. The standard InChI is InChI=1S/C64H117NO5/c1-13-15-17-19-21-28-42-58(43-29-22-20-18-16-14-2)68-60(66)44-30-24-23-26-40-57(47-50-65(11)12)41-27-25-31-45-61(67)69-62-54(7)55(8)63-59(56(62)9)46-49-64(10,70-63)48-34-39-53(6)38-33-37-52(5)36-32-35-51(3)4/h51-53,57-58H,13-50H2,1-12H3. The summed E-state index contributed by atoms with van der Waals surface area (Å²) in [7, 11) is 4.35. The molecule has 0 aromatic heterocycles. The Morgan fingerprint density at radius 1 is 0.557 bits per heavy atom. The number of unbranched alkanes of at least 4 members (excludes halogenated alkanes) is 15. The molecule has 0 saturated heterocycles. The Morgan fingerprint density at radius 2 is 1.04 bits per heavy atom. The number of nitrogens with zero attached hydrogens (tertiary/aromatic N) is 1. The monoisotopic (exact) mass is 980 g/mol. The van der Waals surface area contributed by atoms with Crippen molar-refractivity contribution in [1.29, 1.82) is 0 Å². The molecule has 4 atom stereocenters. The van der Waals surface area contributed by atoms with Crippen molar-refractivity contribution in [2.45, 2.75) is 319 Å². The molecule has 0 aliphatic carbocycles. The van der Waals surface area contributed by atoms with Crippen LogP contribution in [0.25, 0.3) is 0 Å². The van der Waals surface area contributed by atoms with Crippen molar-refractivity contribution in [2.24, 2.45) is 23.7 Å². The highest BCUT2D eigenvalue weighted by molar-refractivity contribution is 5.74. The van der Waals surface area contributed by atoms with Gasteiger partial charge in [0.2, 0.25) is 0 Å². The van der Waals surface area contributed by atoms with E-state index in [1.54, 1.807) is 0 Å². The van der Waals surface area contributed by atoms with Crippen LogP contribution in [0, 0.1) is 44.4 Å². The molecule has 1 aromatic carbocycles. The fourth-order valence-corrected chi connectivity index (χ4v) is 11.2. The number of carbonyl (C=O) groups excluding carboxylic acids is 2. The minimum absolute atomic E-state index is 0.0272. The smallest absolute Gasteiger partial charge is 0.311 e. The molecule has 6 heteroatoms. The van der Waals surface area contributed by atoms with E-state index in [0.717, 1.165) is 117 Å². The van der Waals surface area contributed by atoms with Crippen molar-refractivity contribution in [2.75, 3.05) is 20.6 Å². The molecular weight excluding hydrogens is 863 g/mol. The molecule has 0 amide bonds. The Balaban J connectivity index is 1.74. The summed E-state index contributed by atoms with van der Waals surface area (Å²) >= 11 is 0. The van der Waals surface area contributed by atoms with E-state index in [0.29, 0.717) is 18.8 Å². The minimum atomic E-state index is -0.147. The van der Waals surface area contributed by atoms with Crippen LogP contribution in [0.1, 0.15) is 302 Å². The Hall–Kier alpha value is -2.08. The number of carbonyl (C=O) groups is 2. The SMILES string of the molecule is CCCCCCCCC(CCCCCCCC)OC(=O)CCCCCCC(CCCCCC(=O)Oc1c(C)c(C)c2c(c1C)CCC(C)(CCCC(C)CCCC(C)CCCC(C)C)O2)CCN(C)C. The first-order chi connectivity index (χ1) is 33.6. The summed E-state index contributed by atoms with van der Waals surface area (Å²) in [6.07, 6.45) is 43.6. The summed E-state index contributed by atoms with van der Waals surface area (Å²) in [5.41, 5.74) is 4.32. The first-order valence-electron chi connectivity index (χ1n) is 30.4. The highest BCUT2D eigenvalue weighted by atomic mass is 16.5. The fourth-order valence-electron chi connectivity index (χ4n) is 11.2. The van der Waals surface area contributed by atoms with Gasteiger partial charge in [0, 0.05) is 18.4 Å². The lowest BCUT2D eigenvalue weighted by molar-refractivity contribution is -0.150. The van der Waals surface area contributed by atoms with Gasteiger partial charge in [0.15, 0.2) is 0 Å². The van der Waals surface area contributed by atoms with Gasteiger partial charge in [-0.1, -0.05) is 196 Å². The van der Waals surface area contributed by atoms with Gasteiger partial charge in [-0.3, -0.25) is 9.59 Å². The summed E-state index contributed by atoms with van der Waals surface area (Å²) in [6, 6.07) is 0. The average Bonchev–Trinajstić information content (AvgIpc) is 3.31. The van der Waals surface area contributed by atoms with Gasteiger partial charge in [0.05, 0.1) is 0 Å². The van der Waals surface area contributed by atoms with Crippen LogP contribution in [0.15, 0.2) is 0 Å². The summed E-state index contributed by atoms with van der Waals surface area (Å²) in [5.74, 6) is 4.86. The molecule has 0 N–H and O–H groups in total. The molecule has 1 aliphatic heterocycles. The second-order valence-corrected chi connectivity index (χ2v) is 24.1. The lowest BCUT2D eigenvalue weighted by atomic mass is 9.83. The van der Waals surface area contributed by atoms with Gasteiger partial charge in [-0.05, 0) is 159 Å². The molecular formula is C64H117NO5. The molecule has 1 aromatic rings. The predicted molar refractivity (Wildman–Crippen MR) is 302 cm³/mol. The van der Waals surface area contributed by atoms with Gasteiger partial charge >= 0.3 is 11.9 Å². The average molecular weight is 981 g/mol. The Kier molecular flexibility index (Phi) is 35.2. The summed E-state index contributed by atoms with van der Waals surface area (Å²) in [5, 5.41) is 0. The van der Waals surface area contributed by atoms with Gasteiger partial charge in [0.25, 0.3) is 0 Å². The molecule has 408 valence electrons. The van der Waals surface area contributed by atoms with Crippen LogP contribution >= 0.6 is 0 Å². The van der Waals surface area contributed by atoms with E-state index in [-0.39, 0.29) is 23.6 Å².